The highest BCUT2D eigenvalue weighted by molar-refractivity contribution is 5.90. The van der Waals surface area contributed by atoms with E-state index in [1.807, 2.05) is 23.6 Å². The van der Waals surface area contributed by atoms with Crippen LogP contribution < -0.4 is 16.0 Å². The third-order valence-corrected chi connectivity index (χ3v) is 2.92. The maximum absolute atomic E-state index is 11.2. The Morgan fingerprint density at radius 3 is 2.85 bits per heavy atom. The first-order chi connectivity index (χ1) is 9.60. The lowest BCUT2D eigenvalue weighted by Gasteiger charge is -2.09. The normalized spacial score (nSPS) is 10.6. The molecule has 0 unspecified atom stereocenters. The molecule has 20 heavy (non-hydrogen) atoms. The van der Waals surface area contributed by atoms with Crippen LogP contribution in [-0.4, -0.2) is 5.91 Å². The van der Waals surface area contributed by atoms with Crippen molar-refractivity contribution in [1.29, 1.82) is 0 Å². The minimum Gasteiger partial charge on any atom is -0.486 e. The molecule has 106 valence electrons. The molecule has 1 heterocycles. The Balaban J connectivity index is 2.00. The Morgan fingerprint density at radius 2 is 2.15 bits per heavy atom. The molecule has 3 N–H and O–H groups in total. The molecule has 0 saturated heterocycles. The zero-order chi connectivity index (χ0) is 14.5. The summed E-state index contributed by atoms with van der Waals surface area (Å²) in [6.45, 7) is 4.52. The summed E-state index contributed by atoms with van der Waals surface area (Å²) in [5.41, 5.74) is 3.23. The third-order valence-electron chi connectivity index (χ3n) is 2.92. The van der Waals surface area contributed by atoms with Gasteiger partial charge in [-0.2, -0.15) is 0 Å². The molecule has 1 aromatic carbocycles. The first-order valence-corrected chi connectivity index (χ1v) is 6.42. The molecule has 0 radical (unpaired) electrons. The largest absolute Gasteiger partial charge is 0.486 e. The van der Waals surface area contributed by atoms with Crippen molar-refractivity contribution in [3.05, 3.63) is 53.5 Å². The Morgan fingerprint density at radius 1 is 1.35 bits per heavy atom. The summed E-state index contributed by atoms with van der Waals surface area (Å²) in [5, 5.41) is 0. The second-order valence-electron chi connectivity index (χ2n) is 4.76. The summed E-state index contributed by atoms with van der Waals surface area (Å²) < 4.78 is 11.0. The predicted molar refractivity (Wildman–Crippen MR) is 75.2 cm³/mol. The fourth-order valence-electron chi connectivity index (χ4n) is 1.77. The van der Waals surface area contributed by atoms with E-state index in [-0.39, 0.29) is 12.4 Å². The van der Waals surface area contributed by atoms with Crippen LogP contribution >= 0.6 is 0 Å². The number of nitrogens with one attached hydrogen (secondary N) is 1. The van der Waals surface area contributed by atoms with Gasteiger partial charge in [-0.25, -0.2) is 5.84 Å². The van der Waals surface area contributed by atoms with Crippen LogP contribution in [0.1, 0.15) is 41.6 Å². The number of furan rings is 1. The first-order valence-electron chi connectivity index (χ1n) is 6.42. The number of nitrogens with two attached hydrogens (primary N) is 1. The topological polar surface area (TPSA) is 77.5 Å². The van der Waals surface area contributed by atoms with Crippen molar-refractivity contribution in [2.45, 2.75) is 26.4 Å². The van der Waals surface area contributed by atoms with Crippen molar-refractivity contribution in [2.24, 2.45) is 5.84 Å². The Bertz CT molecular complexity index is 590. The van der Waals surface area contributed by atoms with Gasteiger partial charge in [0.05, 0.1) is 0 Å². The van der Waals surface area contributed by atoms with Crippen molar-refractivity contribution in [3.8, 4) is 5.75 Å². The van der Waals surface area contributed by atoms with Crippen LogP contribution in [0.25, 0.3) is 0 Å². The van der Waals surface area contributed by atoms with Crippen molar-refractivity contribution in [2.75, 3.05) is 0 Å². The molecule has 0 saturated carbocycles. The highest BCUT2D eigenvalue weighted by atomic mass is 16.5. The number of rotatable bonds is 5. The van der Waals surface area contributed by atoms with E-state index >= 15 is 0 Å². The molecule has 0 spiro atoms. The molecule has 2 rings (SSSR count). The van der Waals surface area contributed by atoms with Crippen molar-refractivity contribution in [1.82, 2.24) is 5.43 Å². The lowest BCUT2D eigenvalue weighted by Crippen LogP contribution is -2.29. The van der Waals surface area contributed by atoms with Gasteiger partial charge in [-0.1, -0.05) is 26.0 Å². The van der Waals surface area contributed by atoms with E-state index in [9.17, 15) is 4.79 Å². The summed E-state index contributed by atoms with van der Waals surface area (Å²) in [6.07, 6.45) is 0. The number of benzene rings is 1. The molecule has 0 fully saturated rings. The fourth-order valence-corrected chi connectivity index (χ4v) is 1.77. The quantitative estimate of drug-likeness (QED) is 0.499. The van der Waals surface area contributed by atoms with E-state index in [2.05, 4.69) is 19.9 Å². The Labute approximate surface area is 117 Å². The molecule has 2 aromatic rings. The Hall–Kier alpha value is -2.27. The number of hydrogen-bond donors (Lipinski definition) is 2. The zero-order valence-electron chi connectivity index (χ0n) is 11.6. The number of carbonyl (C=O) groups is 1. The maximum atomic E-state index is 11.2. The average molecular weight is 274 g/mol. The fraction of sp³-hybridized carbons (Fsp3) is 0.267. The van der Waals surface area contributed by atoms with Gasteiger partial charge in [-0.15, -0.1) is 0 Å². The smallest absolute Gasteiger partial charge is 0.300 e. The van der Waals surface area contributed by atoms with Crippen LogP contribution in [0.3, 0.4) is 0 Å². The number of nitrogen functional groups attached to an aromatic ring is 1. The second-order valence-corrected chi connectivity index (χ2v) is 4.76. The monoisotopic (exact) mass is 274 g/mol. The molecular formula is C15H18N2O3. The highest BCUT2D eigenvalue weighted by Crippen LogP contribution is 2.21. The molecule has 0 aliphatic carbocycles. The lowest BCUT2D eigenvalue weighted by molar-refractivity contribution is 0.0922. The molecule has 1 amide bonds. The summed E-state index contributed by atoms with van der Waals surface area (Å²) in [6, 6.07) is 11.2. The van der Waals surface area contributed by atoms with E-state index in [1.54, 1.807) is 12.1 Å². The van der Waals surface area contributed by atoms with Crippen LogP contribution in [0.5, 0.6) is 5.75 Å². The van der Waals surface area contributed by atoms with Gasteiger partial charge >= 0.3 is 5.91 Å². The third kappa shape index (κ3) is 3.39. The van der Waals surface area contributed by atoms with E-state index in [1.165, 1.54) is 5.56 Å². The first kappa shape index (κ1) is 14.1. The molecule has 5 heteroatoms. The van der Waals surface area contributed by atoms with Crippen LogP contribution in [0.4, 0.5) is 0 Å². The van der Waals surface area contributed by atoms with Crippen LogP contribution in [0.15, 0.2) is 40.8 Å². The summed E-state index contributed by atoms with van der Waals surface area (Å²) >= 11 is 0. The van der Waals surface area contributed by atoms with Gasteiger partial charge < -0.3 is 9.15 Å². The molecule has 0 bridgehead atoms. The molecule has 1 aromatic heterocycles. The zero-order valence-corrected chi connectivity index (χ0v) is 11.6. The van der Waals surface area contributed by atoms with E-state index in [0.29, 0.717) is 11.7 Å². The van der Waals surface area contributed by atoms with E-state index < -0.39 is 5.91 Å². The number of carbonyl (C=O) groups excluding carboxylic acids is 1. The summed E-state index contributed by atoms with van der Waals surface area (Å²) in [4.78, 5) is 11.2. The molecule has 0 atom stereocenters. The van der Waals surface area contributed by atoms with Crippen LogP contribution in [0.2, 0.25) is 0 Å². The van der Waals surface area contributed by atoms with Crippen LogP contribution in [0, 0.1) is 0 Å². The van der Waals surface area contributed by atoms with Gasteiger partial charge in [0.25, 0.3) is 0 Å². The minimum atomic E-state index is -0.460. The summed E-state index contributed by atoms with van der Waals surface area (Å²) in [7, 11) is 0. The van der Waals surface area contributed by atoms with Crippen molar-refractivity contribution >= 4 is 5.91 Å². The van der Waals surface area contributed by atoms with E-state index in [0.717, 1.165) is 5.75 Å². The highest BCUT2D eigenvalue weighted by Gasteiger charge is 2.10. The second kappa shape index (κ2) is 6.25. The Kier molecular flexibility index (Phi) is 4.42. The average Bonchev–Trinajstić information content (AvgIpc) is 2.93. The standard InChI is InChI=1S/C15H18N2O3/c1-10(2)11-4-3-5-12(8-11)19-9-13-6-7-14(20-13)15(18)17-16/h3-8,10H,9,16H2,1-2H3,(H,17,18). The van der Waals surface area contributed by atoms with Gasteiger partial charge in [0.15, 0.2) is 5.76 Å². The lowest BCUT2D eigenvalue weighted by atomic mass is 10.0. The number of ether oxygens (including phenoxy) is 1. The van der Waals surface area contributed by atoms with Gasteiger partial charge in [-0.3, -0.25) is 10.2 Å². The SMILES string of the molecule is CC(C)c1cccc(OCc2ccc(C(=O)NN)o2)c1. The maximum Gasteiger partial charge on any atom is 0.300 e. The molecule has 0 aliphatic heterocycles. The molecule has 5 nitrogen and oxygen atoms in total. The summed E-state index contributed by atoms with van der Waals surface area (Å²) in [5.74, 6) is 6.53. The molecule has 0 aliphatic rings. The van der Waals surface area contributed by atoms with Gasteiger partial charge in [0.2, 0.25) is 0 Å². The van der Waals surface area contributed by atoms with Gasteiger partial charge in [0.1, 0.15) is 18.1 Å². The number of amides is 1. The minimum absolute atomic E-state index is 0.169. The molecular weight excluding hydrogens is 256 g/mol. The predicted octanol–water partition coefficient (Wildman–Crippen LogP) is 2.59. The van der Waals surface area contributed by atoms with Gasteiger partial charge in [0, 0.05) is 0 Å². The number of hydrogen-bond acceptors (Lipinski definition) is 4. The van der Waals surface area contributed by atoms with Gasteiger partial charge in [-0.05, 0) is 35.7 Å². The van der Waals surface area contributed by atoms with Crippen LogP contribution in [-0.2, 0) is 6.61 Å². The number of hydrazine groups is 1. The van der Waals surface area contributed by atoms with Crippen molar-refractivity contribution in [3.63, 3.8) is 0 Å². The van der Waals surface area contributed by atoms with Crippen molar-refractivity contribution < 1.29 is 13.9 Å². The van der Waals surface area contributed by atoms with E-state index in [4.69, 9.17) is 15.0 Å².